The van der Waals surface area contributed by atoms with Gasteiger partial charge in [0.25, 0.3) is 0 Å². The SMILES string of the molecule is C=CC(=O)OCCCCCN=Cc1ccc(C#CC#Cc2ccc(NC(=O)CCCCOC(=O)C=C)cc2)cc1. The summed E-state index contributed by atoms with van der Waals surface area (Å²) in [4.78, 5) is 38.4. The molecule has 0 saturated carbocycles. The molecule has 0 aliphatic heterocycles. The first kappa shape index (κ1) is 31.3. The molecule has 0 spiro atoms. The fourth-order valence-corrected chi connectivity index (χ4v) is 3.22. The van der Waals surface area contributed by atoms with Crippen LogP contribution in [0.15, 0.2) is 78.8 Å². The molecule has 2 rings (SSSR count). The number of hydrogen-bond acceptors (Lipinski definition) is 6. The highest BCUT2D eigenvalue weighted by molar-refractivity contribution is 5.90. The van der Waals surface area contributed by atoms with Crippen molar-refractivity contribution in [2.24, 2.45) is 4.99 Å². The van der Waals surface area contributed by atoms with E-state index in [1.165, 1.54) is 6.08 Å². The van der Waals surface area contributed by atoms with E-state index in [0.717, 1.165) is 48.6 Å². The number of amides is 1. The van der Waals surface area contributed by atoms with E-state index in [9.17, 15) is 14.4 Å². The maximum atomic E-state index is 12.0. The van der Waals surface area contributed by atoms with Gasteiger partial charge in [0.2, 0.25) is 5.91 Å². The molecule has 2 aromatic carbocycles. The van der Waals surface area contributed by atoms with Gasteiger partial charge < -0.3 is 14.8 Å². The van der Waals surface area contributed by atoms with Gasteiger partial charge in [0, 0.05) is 48.1 Å². The van der Waals surface area contributed by atoms with Crippen molar-refractivity contribution in [3.8, 4) is 23.7 Å². The molecule has 0 aliphatic rings. The Hall–Kier alpha value is -4.88. The molecule has 40 heavy (non-hydrogen) atoms. The number of carbonyl (C=O) groups is 3. The van der Waals surface area contributed by atoms with E-state index >= 15 is 0 Å². The molecule has 0 bridgehead atoms. The lowest BCUT2D eigenvalue weighted by molar-refractivity contribution is -0.138. The summed E-state index contributed by atoms with van der Waals surface area (Å²) in [6.45, 7) is 8.10. The zero-order valence-electron chi connectivity index (χ0n) is 22.6. The Morgan fingerprint density at radius 1 is 0.750 bits per heavy atom. The van der Waals surface area contributed by atoms with Crippen LogP contribution in [0, 0.1) is 23.7 Å². The second kappa shape index (κ2) is 19.2. The van der Waals surface area contributed by atoms with Crippen molar-refractivity contribution in [3.05, 3.63) is 90.5 Å². The number of nitrogens with zero attached hydrogens (tertiary/aromatic N) is 1. The van der Waals surface area contributed by atoms with Crippen molar-refractivity contribution < 1.29 is 23.9 Å². The summed E-state index contributed by atoms with van der Waals surface area (Å²) < 4.78 is 9.82. The van der Waals surface area contributed by atoms with Gasteiger partial charge in [-0.05, 0) is 85.9 Å². The van der Waals surface area contributed by atoms with Crippen LogP contribution in [0.1, 0.15) is 55.2 Å². The fraction of sp³-hybridized carbons (Fsp3) is 0.273. The molecule has 7 nitrogen and oxygen atoms in total. The number of aliphatic imine (C=N–C) groups is 1. The molecule has 206 valence electrons. The smallest absolute Gasteiger partial charge is 0.330 e. The van der Waals surface area contributed by atoms with Gasteiger partial charge in [-0.25, -0.2) is 9.59 Å². The van der Waals surface area contributed by atoms with Gasteiger partial charge >= 0.3 is 11.9 Å². The lowest BCUT2D eigenvalue weighted by Gasteiger charge is -2.05. The van der Waals surface area contributed by atoms with E-state index in [1.807, 2.05) is 42.6 Å². The number of ether oxygens (including phenoxy) is 2. The van der Waals surface area contributed by atoms with Crippen LogP contribution in [0.3, 0.4) is 0 Å². The monoisotopic (exact) mass is 538 g/mol. The molecule has 7 heteroatoms. The average Bonchev–Trinajstić information content (AvgIpc) is 2.97. The minimum Gasteiger partial charge on any atom is -0.463 e. The summed E-state index contributed by atoms with van der Waals surface area (Å²) in [5, 5.41) is 2.84. The third kappa shape index (κ3) is 14.2. The normalized spacial score (nSPS) is 9.90. The van der Waals surface area contributed by atoms with Crippen molar-refractivity contribution in [1.29, 1.82) is 0 Å². The highest BCUT2D eigenvalue weighted by Crippen LogP contribution is 2.10. The van der Waals surface area contributed by atoms with Crippen LogP contribution < -0.4 is 5.32 Å². The summed E-state index contributed by atoms with van der Waals surface area (Å²) in [5.74, 6) is 10.8. The van der Waals surface area contributed by atoms with Crippen molar-refractivity contribution >= 4 is 29.7 Å². The minimum absolute atomic E-state index is 0.0993. The Bertz CT molecular complexity index is 1290. The number of carbonyl (C=O) groups excluding carboxylic acids is 3. The predicted molar refractivity (Wildman–Crippen MR) is 158 cm³/mol. The van der Waals surface area contributed by atoms with E-state index in [4.69, 9.17) is 9.47 Å². The van der Waals surface area contributed by atoms with Crippen LogP contribution in [0.25, 0.3) is 0 Å². The molecular formula is C33H34N2O5. The maximum absolute atomic E-state index is 12.0. The van der Waals surface area contributed by atoms with Crippen LogP contribution in [-0.4, -0.2) is 43.8 Å². The van der Waals surface area contributed by atoms with Gasteiger partial charge in [-0.3, -0.25) is 9.79 Å². The Balaban J connectivity index is 1.68. The van der Waals surface area contributed by atoms with Gasteiger partial charge in [-0.15, -0.1) is 0 Å². The van der Waals surface area contributed by atoms with Crippen molar-refractivity contribution in [3.63, 3.8) is 0 Å². The number of esters is 2. The van der Waals surface area contributed by atoms with Crippen molar-refractivity contribution in [2.45, 2.75) is 38.5 Å². The highest BCUT2D eigenvalue weighted by atomic mass is 16.5. The number of hydrogen-bond donors (Lipinski definition) is 1. The first-order valence-corrected chi connectivity index (χ1v) is 13.1. The Labute approximate surface area is 236 Å². The first-order chi connectivity index (χ1) is 19.5. The van der Waals surface area contributed by atoms with E-state index < -0.39 is 5.97 Å². The second-order valence-corrected chi connectivity index (χ2v) is 8.54. The number of unbranched alkanes of at least 4 members (excludes halogenated alkanes) is 3. The summed E-state index contributed by atoms with van der Waals surface area (Å²) in [7, 11) is 0. The first-order valence-electron chi connectivity index (χ1n) is 13.1. The summed E-state index contributed by atoms with van der Waals surface area (Å²) in [6.07, 6.45) is 8.38. The largest absolute Gasteiger partial charge is 0.463 e. The van der Waals surface area contributed by atoms with E-state index in [2.05, 4.69) is 47.1 Å². The fourth-order valence-electron chi connectivity index (χ4n) is 3.22. The second-order valence-electron chi connectivity index (χ2n) is 8.54. The highest BCUT2D eigenvalue weighted by Gasteiger charge is 2.03. The van der Waals surface area contributed by atoms with E-state index in [-0.39, 0.29) is 18.5 Å². The zero-order valence-corrected chi connectivity index (χ0v) is 22.6. The van der Waals surface area contributed by atoms with Crippen LogP contribution >= 0.6 is 0 Å². The quantitative estimate of drug-likeness (QED) is 0.110. The number of nitrogens with one attached hydrogen (secondary N) is 1. The van der Waals surface area contributed by atoms with Gasteiger partial charge in [-0.1, -0.05) is 37.1 Å². The Kier molecular flexibility index (Phi) is 15.1. The molecule has 1 amide bonds. The maximum Gasteiger partial charge on any atom is 0.330 e. The molecule has 0 radical (unpaired) electrons. The molecular weight excluding hydrogens is 504 g/mol. The molecule has 0 saturated heterocycles. The zero-order chi connectivity index (χ0) is 28.8. The lowest BCUT2D eigenvalue weighted by atomic mass is 10.1. The topological polar surface area (TPSA) is 94.1 Å². The van der Waals surface area contributed by atoms with Crippen LogP contribution in [0.5, 0.6) is 0 Å². The van der Waals surface area contributed by atoms with Gasteiger partial charge in [0.1, 0.15) is 0 Å². The van der Waals surface area contributed by atoms with Crippen molar-refractivity contribution in [2.75, 3.05) is 25.1 Å². The molecule has 0 aromatic heterocycles. The summed E-state index contributed by atoms with van der Waals surface area (Å²) in [5.41, 5.74) is 3.34. The van der Waals surface area contributed by atoms with E-state index in [1.54, 1.807) is 12.1 Å². The summed E-state index contributed by atoms with van der Waals surface area (Å²) >= 11 is 0. The lowest BCUT2D eigenvalue weighted by Crippen LogP contribution is -2.11. The third-order valence-corrected chi connectivity index (χ3v) is 5.35. The molecule has 0 atom stereocenters. The third-order valence-electron chi connectivity index (χ3n) is 5.35. The number of anilines is 1. The predicted octanol–water partition coefficient (Wildman–Crippen LogP) is 5.25. The number of rotatable bonds is 15. The summed E-state index contributed by atoms with van der Waals surface area (Å²) in [6, 6.07) is 15.0. The average molecular weight is 539 g/mol. The molecule has 1 N–H and O–H groups in total. The molecule has 0 heterocycles. The van der Waals surface area contributed by atoms with Gasteiger partial charge in [-0.2, -0.15) is 0 Å². The van der Waals surface area contributed by atoms with Crippen LogP contribution in [-0.2, 0) is 23.9 Å². The molecule has 2 aromatic rings. The Morgan fingerprint density at radius 3 is 1.88 bits per heavy atom. The minimum atomic E-state index is -0.457. The standard InChI is InChI=1S/C33H34N2O5/c1-3-32(37)39-24-10-5-9-23-34-26-29-17-15-27(16-18-29)12-6-7-13-28-19-21-30(22-20-28)35-31(36)14-8-11-25-40-33(38)4-2/h3-4,15-22,26H,1-2,5,8-11,14,23-25H2,(H,35,36). The number of benzene rings is 2. The molecule has 0 fully saturated rings. The Morgan fingerprint density at radius 2 is 1.30 bits per heavy atom. The molecule has 0 aliphatic carbocycles. The van der Waals surface area contributed by atoms with Gasteiger partial charge in [0.05, 0.1) is 13.2 Å². The van der Waals surface area contributed by atoms with Crippen LogP contribution in [0.4, 0.5) is 5.69 Å². The van der Waals surface area contributed by atoms with Crippen molar-refractivity contribution in [1.82, 2.24) is 0 Å². The van der Waals surface area contributed by atoms with Crippen LogP contribution in [0.2, 0.25) is 0 Å². The molecule has 0 unspecified atom stereocenters. The van der Waals surface area contributed by atoms with E-state index in [0.29, 0.717) is 31.6 Å². The van der Waals surface area contributed by atoms with Gasteiger partial charge in [0.15, 0.2) is 0 Å².